The predicted molar refractivity (Wildman–Crippen MR) is 143 cm³/mol. The highest BCUT2D eigenvalue weighted by molar-refractivity contribution is 7.22. The van der Waals surface area contributed by atoms with Gasteiger partial charge in [-0.1, -0.05) is 41.7 Å². The van der Waals surface area contributed by atoms with Crippen LogP contribution >= 0.6 is 11.3 Å². The summed E-state index contributed by atoms with van der Waals surface area (Å²) < 4.78 is 17.9. The molecule has 3 aromatic carbocycles. The van der Waals surface area contributed by atoms with Crippen LogP contribution in [0.3, 0.4) is 0 Å². The summed E-state index contributed by atoms with van der Waals surface area (Å²) in [6.07, 6.45) is 0.789. The molecule has 0 unspecified atom stereocenters. The van der Waals surface area contributed by atoms with Gasteiger partial charge in [0.1, 0.15) is 27.5 Å². The third kappa shape index (κ3) is 5.04. The Morgan fingerprint density at radius 3 is 2.37 bits per heavy atom. The van der Waals surface area contributed by atoms with Crippen molar-refractivity contribution in [2.45, 2.75) is 13.3 Å². The van der Waals surface area contributed by atoms with E-state index in [1.54, 1.807) is 19.1 Å². The van der Waals surface area contributed by atoms with Crippen molar-refractivity contribution in [2.24, 2.45) is 0 Å². The van der Waals surface area contributed by atoms with Crippen molar-refractivity contribution in [3.05, 3.63) is 54.1 Å². The minimum absolute atomic E-state index is 0.138. The molecule has 0 radical (unpaired) electrons. The number of anilines is 1. The van der Waals surface area contributed by atoms with Gasteiger partial charge in [-0.05, 0) is 63.0 Å². The molecule has 0 spiro atoms. The van der Waals surface area contributed by atoms with Gasteiger partial charge in [0.05, 0.1) is 26.4 Å². The van der Waals surface area contributed by atoms with Crippen LogP contribution in [0.1, 0.15) is 23.7 Å². The molecule has 0 bridgehead atoms. The SMILES string of the molecule is CCOc1ccc2ccccc2c1C(=O)N(CCCN(C)C)c1nc2c(OC)ccc(OC)c2s1. The lowest BCUT2D eigenvalue weighted by molar-refractivity contribution is 0.0984. The highest BCUT2D eigenvalue weighted by atomic mass is 32.1. The largest absolute Gasteiger partial charge is 0.495 e. The van der Waals surface area contributed by atoms with Crippen LogP contribution in [0.15, 0.2) is 48.5 Å². The topological polar surface area (TPSA) is 64.1 Å². The molecule has 0 atom stereocenters. The molecule has 7 nitrogen and oxygen atoms in total. The predicted octanol–water partition coefficient (Wildman–Crippen LogP) is 5.46. The Morgan fingerprint density at radius 1 is 0.943 bits per heavy atom. The molecule has 1 aromatic heterocycles. The number of hydrogen-bond donors (Lipinski definition) is 0. The van der Waals surface area contributed by atoms with Gasteiger partial charge >= 0.3 is 0 Å². The van der Waals surface area contributed by atoms with Crippen LogP contribution in [-0.4, -0.2) is 63.8 Å². The van der Waals surface area contributed by atoms with Crippen molar-refractivity contribution in [3.8, 4) is 17.2 Å². The molecule has 8 heteroatoms. The normalized spacial score (nSPS) is 11.3. The number of carbonyl (C=O) groups excluding carboxylic acids is 1. The van der Waals surface area contributed by atoms with Gasteiger partial charge in [0, 0.05) is 6.54 Å². The number of methoxy groups -OCH3 is 2. The van der Waals surface area contributed by atoms with E-state index >= 15 is 0 Å². The Labute approximate surface area is 209 Å². The summed E-state index contributed by atoms with van der Waals surface area (Å²) in [5, 5.41) is 2.44. The summed E-state index contributed by atoms with van der Waals surface area (Å²) in [5.74, 6) is 1.78. The van der Waals surface area contributed by atoms with E-state index in [9.17, 15) is 4.79 Å². The zero-order chi connectivity index (χ0) is 24.9. The van der Waals surface area contributed by atoms with Crippen molar-refractivity contribution < 1.29 is 19.0 Å². The van der Waals surface area contributed by atoms with Crippen molar-refractivity contribution >= 4 is 43.4 Å². The number of nitrogens with zero attached hydrogens (tertiary/aromatic N) is 3. The van der Waals surface area contributed by atoms with Gasteiger partial charge < -0.3 is 19.1 Å². The van der Waals surface area contributed by atoms with Gasteiger partial charge in [-0.3, -0.25) is 9.69 Å². The van der Waals surface area contributed by atoms with E-state index in [1.807, 2.05) is 69.6 Å². The first-order valence-electron chi connectivity index (χ1n) is 11.6. The van der Waals surface area contributed by atoms with Gasteiger partial charge in [-0.25, -0.2) is 4.98 Å². The maximum atomic E-state index is 14.3. The molecule has 0 saturated heterocycles. The lowest BCUT2D eigenvalue weighted by Crippen LogP contribution is -2.34. The molecule has 35 heavy (non-hydrogen) atoms. The van der Waals surface area contributed by atoms with Crippen LogP contribution in [0, 0.1) is 0 Å². The highest BCUT2D eigenvalue weighted by Crippen LogP contribution is 2.41. The molecular formula is C27H31N3O4S. The molecule has 0 aliphatic rings. The Bertz CT molecular complexity index is 1290. The minimum atomic E-state index is -0.138. The second-order valence-electron chi connectivity index (χ2n) is 8.35. The molecule has 1 heterocycles. The Hall–Kier alpha value is -3.36. The number of ether oxygens (including phenoxy) is 3. The first kappa shape index (κ1) is 24.8. The molecule has 0 fully saturated rings. The molecule has 0 aliphatic carbocycles. The second kappa shape index (κ2) is 10.9. The number of rotatable bonds is 10. The van der Waals surface area contributed by atoms with E-state index in [1.165, 1.54) is 11.3 Å². The molecule has 0 aliphatic heterocycles. The number of amides is 1. The third-order valence-electron chi connectivity index (χ3n) is 5.77. The molecule has 0 N–H and O–H groups in total. The third-order valence-corrected chi connectivity index (χ3v) is 6.86. The van der Waals surface area contributed by atoms with Crippen LogP contribution in [0.25, 0.3) is 21.0 Å². The monoisotopic (exact) mass is 493 g/mol. The van der Waals surface area contributed by atoms with E-state index in [2.05, 4.69) is 4.90 Å². The van der Waals surface area contributed by atoms with Crippen molar-refractivity contribution in [2.75, 3.05) is 52.9 Å². The highest BCUT2D eigenvalue weighted by Gasteiger charge is 2.27. The van der Waals surface area contributed by atoms with Gasteiger partial charge in [-0.2, -0.15) is 0 Å². The Balaban J connectivity index is 1.87. The standard InChI is InChI=1S/C27H31N3O4S/c1-6-34-20-13-12-18-10-7-8-11-19(18)23(20)26(31)30(17-9-16-29(2)3)27-28-24-21(32-4)14-15-22(33-5)25(24)35-27/h7-8,10-15H,6,9,16-17H2,1-5H3. The molecule has 0 saturated carbocycles. The lowest BCUT2D eigenvalue weighted by atomic mass is 10.0. The number of carbonyl (C=O) groups is 1. The molecular weight excluding hydrogens is 462 g/mol. The van der Waals surface area contributed by atoms with Crippen LogP contribution < -0.4 is 19.1 Å². The molecule has 184 valence electrons. The first-order chi connectivity index (χ1) is 17.0. The maximum Gasteiger partial charge on any atom is 0.264 e. The Morgan fingerprint density at radius 2 is 1.66 bits per heavy atom. The molecule has 1 amide bonds. The van der Waals surface area contributed by atoms with E-state index in [4.69, 9.17) is 19.2 Å². The van der Waals surface area contributed by atoms with E-state index in [-0.39, 0.29) is 5.91 Å². The smallest absolute Gasteiger partial charge is 0.264 e. The summed E-state index contributed by atoms with van der Waals surface area (Å²) in [5.41, 5.74) is 1.23. The molecule has 4 rings (SSSR count). The van der Waals surface area contributed by atoms with Crippen LogP contribution in [0.2, 0.25) is 0 Å². The average Bonchev–Trinajstić information content (AvgIpc) is 3.30. The van der Waals surface area contributed by atoms with Crippen LogP contribution in [-0.2, 0) is 0 Å². The number of fused-ring (bicyclic) bond motifs is 2. The van der Waals surface area contributed by atoms with Crippen molar-refractivity contribution in [1.29, 1.82) is 0 Å². The first-order valence-corrected chi connectivity index (χ1v) is 12.4. The fourth-order valence-electron chi connectivity index (χ4n) is 4.10. The number of thiazole rings is 1. The van der Waals surface area contributed by atoms with E-state index < -0.39 is 0 Å². The van der Waals surface area contributed by atoms with Gasteiger partial charge in [0.15, 0.2) is 5.13 Å². The maximum absolute atomic E-state index is 14.3. The second-order valence-corrected chi connectivity index (χ2v) is 9.33. The summed E-state index contributed by atoms with van der Waals surface area (Å²) in [7, 11) is 7.30. The Kier molecular flexibility index (Phi) is 7.73. The fourth-order valence-corrected chi connectivity index (χ4v) is 5.20. The lowest BCUT2D eigenvalue weighted by Gasteiger charge is -2.23. The number of hydrogen-bond acceptors (Lipinski definition) is 7. The number of aromatic nitrogens is 1. The summed E-state index contributed by atoms with van der Waals surface area (Å²) in [4.78, 5) is 23.0. The quantitative estimate of drug-likeness (QED) is 0.292. The minimum Gasteiger partial charge on any atom is -0.495 e. The molecule has 4 aromatic rings. The summed E-state index contributed by atoms with van der Waals surface area (Å²) >= 11 is 1.43. The van der Waals surface area contributed by atoms with Crippen molar-refractivity contribution in [3.63, 3.8) is 0 Å². The zero-order valence-corrected chi connectivity index (χ0v) is 21.6. The summed E-state index contributed by atoms with van der Waals surface area (Å²) in [6, 6.07) is 15.4. The van der Waals surface area contributed by atoms with E-state index in [0.717, 1.165) is 28.4 Å². The van der Waals surface area contributed by atoms with Gasteiger partial charge in [-0.15, -0.1) is 0 Å². The van der Waals surface area contributed by atoms with Crippen LogP contribution in [0.4, 0.5) is 5.13 Å². The fraction of sp³-hybridized carbons (Fsp3) is 0.333. The van der Waals surface area contributed by atoms with E-state index in [0.29, 0.717) is 46.6 Å². The number of benzene rings is 3. The van der Waals surface area contributed by atoms with Gasteiger partial charge in [0.2, 0.25) is 0 Å². The average molecular weight is 494 g/mol. The zero-order valence-electron chi connectivity index (χ0n) is 20.8. The van der Waals surface area contributed by atoms with Gasteiger partial charge in [0.25, 0.3) is 5.91 Å². The van der Waals surface area contributed by atoms with Crippen molar-refractivity contribution in [1.82, 2.24) is 9.88 Å². The summed E-state index contributed by atoms with van der Waals surface area (Å²) in [6.45, 7) is 3.74. The van der Waals surface area contributed by atoms with Crippen LogP contribution in [0.5, 0.6) is 17.2 Å².